The van der Waals surface area contributed by atoms with Gasteiger partial charge in [-0.1, -0.05) is 6.07 Å². The maximum Gasteiger partial charge on any atom is 0.239 e. The average molecular weight is 433 g/mol. The van der Waals surface area contributed by atoms with E-state index in [1.165, 1.54) is 18.7 Å². The van der Waals surface area contributed by atoms with E-state index in [0.29, 0.717) is 16.6 Å². The molecule has 0 atom stereocenters. The monoisotopic (exact) mass is 432 g/mol. The van der Waals surface area contributed by atoms with Gasteiger partial charge in [0.2, 0.25) is 10.0 Å². The van der Waals surface area contributed by atoms with Crippen molar-refractivity contribution in [1.82, 2.24) is 14.9 Å². The second kappa shape index (κ2) is 7.25. The van der Waals surface area contributed by atoms with Crippen molar-refractivity contribution in [3.05, 3.63) is 70.7 Å². The van der Waals surface area contributed by atoms with E-state index in [-0.39, 0.29) is 4.90 Å². The molecule has 0 radical (unpaired) electrons. The molecular formula is C16H13BrN6O2S. The van der Waals surface area contributed by atoms with Crippen molar-refractivity contribution in [2.45, 2.75) is 11.4 Å². The lowest BCUT2D eigenvalue weighted by molar-refractivity contribution is 0.597. The minimum atomic E-state index is -3.85. The van der Waals surface area contributed by atoms with Crippen LogP contribution in [0.15, 0.2) is 64.5 Å². The highest BCUT2D eigenvalue weighted by atomic mass is 79.9. The van der Waals surface area contributed by atoms with E-state index in [0.717, 1.165) is 11.3 Å². The van der Waals surface area contributed by atoms with Crippen LogP contribution in [0.1, 0.15) is 11.1 Å². The normalized spacial score (nSPS) is 11.1. The second-order valence-electron chi connectivity index (χ2n) is 5.37. The van der Waals surface area contributed by atoms with Crippen LogP contribution in [-0.4, -0.2) is 23.3 Å². The summed E-state index contributed by atoms with van der Waals surface area (Å²) in [5.74, 6) is 0. The summed E-state index contributed by atoms with van der Waals surface area (Å²) in [4.78, 5) is 0.0125. The van der Waals surface area contributed by atoms with Crippen LogP contribution < -0.4 is 10.1 Å². The summed E-state index contributed by atoms with van der Waals surface area (Å²) in [6.07, 6.45) is 3.05. The van der Waals surface area contributed by atoms with Gasteiger partial charge in [-0.25, -0.2) is 18.2 Å². The highest BCUT2D eigenvalue weighted by Crippen LogP contribution is 2.25. The standard InChI is InChI=1S/C16H13BrN6O2S/c17-15-6-3-13(7-16(15)26(19,24)25)9-23(22-10-20-21-11-22)14-4-1-12(8-18)2-5-14/h1-7,10-11H,9H2,(H2,19,24,25). The summed E-state index contributed by atoms with van der Waals surface area (Å²) in [6, 6.07) is 14.0. The number of hydrogen-bond acceptors (Lipinski definition) is 6. The molecule has 0 bridgehead atoms. The van der Waals surface area contributed by atoms with Crippen LogP contribution in [0.5, 0.6) is 0 Å². The van der Waals surface area contributed by atoms with Gasteiger partial charge in [0, 0.05) is 4.47 Å². The van der Waals surface area contributed by atoms with Gasteiger partial charge in [0.25, 0.3) is 0 Å². The lowest BCUT2D eigenvalue weighted by Crippen LogP contribution is -2.28. The molecule has 1 aromatic heterocycles. The molecule has 2 N–H and O–H groups in total. The fourth-order valence-electron chi connectivity index (χ4n) is 2.37. The molecular weight excluding hydrogens is 420 g/mol. The first kappa shape index (κ1) is 18.1. The first-order valence-electron chi connectivity index (χ1n) is 7.32. The number of primary sulfonamides is 1. The van der Waals surface area contributed by atoms with Crippen LogP contribution in [-0.2, 0) is 16.6 Å². The number of nitrogens with two attached hydrogens (primary N) is 1. The Morgan fingerprint density at radius 1 is 1.15 bits per heavy atom. The van der Waals surface area contributed by atoms with Crippen LogP contribution in [0, 0.1) is 11.3 Å². The van der Waals surface area contributed by atoms with Crippen LogP contribution in [0.3, 0.4) is 0 Å². The zero-order chi connectivity index (χ0) is 18.7. The Hall–Kier alpha value is -2.74. The minimum absolute atomic E-state index is 0.0125. The molecule has 2 aromatic carbocycles. The van der Waals surface area contributed by atoms with Gasteiger partial charge in [0.05, 0.1) is 28.8 Å². The molecule has 0 fully saturated rings. The molecule has 0 amide bonds. The van der Waals surface area contributed by atoms with E-state index < -0.39 is 10.0 Å². The van der Waals surface area contributed by atoms with Gasteiger partial charge in [-0.05, 0) is 57.9 Å². The van der Waals surface area contributed by atoms with Gasteiger partial charge in [-0.15, -0.1) is 10.2 Å². The fourth-order valence-corrected chi connectivity index (χ4v) is 3.95. The molecule has 3 rings (SSSR count). The Labute approximate surface area is 158 Å². The second-order valence-corrected chi connectivity index (χ2v) is 7.75. The number of benzene rings is 2. The van der Waals surface area contributed by atoms with Crippen molar-refractivity contribution in [3.8, 4) is 6.07 Å². The summed E-state index contributed by atoms with van der Waals surface area (Å²) >= 11 is 3.20. The lowest BCUT2D eigenvalue weighted by atomic mass is 10.2. The maximum absolute atomic E-state index is 11.7. The zero-order valence-corrected chi connectivity index (χ0v) is 15.7. The molecule has 132 valence electrons. The molecule has 0 aliphatic heterocycles. The van der Waals surface area contributed by atoms with E-state index in [9.17, 15) is 8.42 Å². The number of nitriles is 1. The van der Waals surface area contributed by atoms with Gasteiger partial charge in [0.1, 0.15) is 12.7 Å². The van der Waals surface area contributed by atoms with Gasteiger partial charge >= 0.3 is 0 Å². The maximum atomic E-state index is 11.7. The van der Waals surface area contributed by atoms with Gasteiger partial charge in [-0.2, -0.15) is 5.26 Å². The smallest absolute Gasteiger partial charge is 0.239 e. The average Bonchev–Trinajstić information content (AvgIpc) is 3.14. The molecule has 0 aliphatic rings. The molecule has 10 heteroatoms. The van der Waals surface area contributed by atoms with E-state index in [2.05, 4.69) is 32.2 Å². The topological polar surface area (TPSA) is 118 Å². The number of aromatic nitrogens is 3. The van der Waals surface area contributed by atoms with E-state index >= 15 is 0 Å². The third-order valence-electron chi connectivity index (χ3n) is 3.61. The van der Waals surface area contributed by atoms with Gasteiger partial charge < -0.3 is 0 Å². The summed E-state index contributed by atoms with van der Waals surface area (Å²) < 4.78 is 25.5. The Morgan fingerprint density at radius 2 is 1.81 bits per heavy atom. The SMILES string of the molecule is N#Cc1ccc(N(Cc2ccc(Br)c(S(N)(=O)=O)c2)n2cnnc2)cc1. The molecule has 0 unspecified atom stereocenters. The Morgan fingerprint density at radius 3 is 2.38 bits per heavy atom. The highest BCUT2D eigenvalue weighted by molar-refractivity contribution is 9.10. The Balaban J connectivity index is 2.01. The van der Waals surface area contributed by atoms with Crippen molar-refractivity contribution in [2.75, 3.05) is 5.01 Å². The van der Waals surface area contributed by atoms with Crippen molar-refractivity contribution in [3.63, 3.8) is 0 Å². The molecule has 0 saturated carbocycles. The molecule has 26 heavy (non-hydrogen) atoms. The quantitative estimate of drug-likeness (QED) is 0.658. The van der Waals surface area contributed by atoms with Crippen LogP contribution in [0.2, 0.25) is 0 Å². The summed E-state index contributed by atoms with van der Waals surface area (Å²) in [6.45, 7) is 0.333. The number of hydrogen-bond donors (Lipinski definition) is 1. The number of sulfonamides is 1. The first-order chi connectivity index (χ1) is 12.4. The predicted octanol–water partition coefficient (Wildman–Crippen LogP) is 2.03. The first-order valence-corrected chi connectivity index (χ1v) is 9.66. The molecule has 0 aliphatic carbocycles. The summed E-state index contributed by atoms with van der Waals surface area (Å²) in [5.41, 5.74) is 2.04. The van der Waals surface area contributed by atoms with Crippen LogP contribution in [0.25, 0.3) is 0 Å². The van der Waals surface area contributed by atoms with Crippen molar-refractivity contribution in [1.29, 1.82) is 5.26 Å². The van der Waals surface area contributed by atoms with Crippen LogP contribution >= 0.6 is 15.9 Å². The third-order valence-corrected chi connectivity index (χ3v) is 5.52. The molecule has 3 aromatic rings. The summed E-state index contributed by atoms with van der Waals surface area (Å²) in [7, 11) is -3.85. The molecule has 0 saturated heterocycles. The lowest BCUT2D eigenvalue weighted by Gasteiger charge is -2.25. The minimum Gasteiger partial charge on any atom is -0.274 e. The van der Waals surface area contributed by atoms with Crippen molar-refractivity contribution in [2.24, 2.45) is 5.14 Å². The van der Waals surface area contributed by atoms with E-state index in [1.54, 1.807) is 41.1 Å². The van der Waals surface area contributed by atoms with Crippen molar-refractivity contribution >= 4 is 31.6 Å². The molecule has 1 heterocycles. The molecule has 8 nitrogen and oxygen atoms in total. The Bertz CT molecular complexity index is 1060. The summed E-state index contributed by atoms with van der Waals surface area (Å²) in [5, 5.41) is 23.7. The Kier molecular flexibility index (Phi) is 5.03. The predicted molar refractivity (Wildman–Crippen MR) is 98.3 cm³/mol. The third kappa shape index (κ3) is 3.91. The van der Waals surface area contributed by atoms with E-state index in [4.69, 9.17) is 10.4 Å². The number of nitrogens with zero attached hydrogens (tertiary/aromatic N) is 5. The highest BCUT2D eigenvalue weighted by Gasteiger charge is 2.16. The fraction of sp³-hybridized carbons (Fsp3) is 0.0625. The zero-order valence-electron chi connectivity index (χ0n) is 13.3. The number of anilines is 1. The largest absolute Gasteiger partial charge is 0.274 e. The van der Waals surface area contributed by atoms with Gasteiger partial charge in [-0.3, -0.25) is 5.01 Å². The van der Waals surface area contributed by atoms with E-state index in [1.807, 2.05) is 5.01 Å². The van der Waals surface area contributed by atoms with Gasteiger partial charge in [0.15, 0.2) is 0 Å². The number of halogens is 1. The number of rotatable bonds is 5. The molecule has 0 spiro atoms. The van der Waals surface area contributed by atoms with Crippen LogP contribution in [0.4, 0.5) is 5.69 Å². The van der Waals surface area contributed by atoms with Crippen molar-refractivity contribution < 1.29 is 8.42 Å².